The molecule has 0 unspecified atom stereocenters. The van der Waals surface area contributed by atoms with Crippen molar-refractivity contribution < 1.29 is 45.2 Å². The molecule has 0 aliphatic heterocycles. The molecule has 7 heteroatoms. The second-order valence-electron chi connectivity index (χ2n) is 6.45. The van der Waals surface area contributed by atoms with Crippen molar-refractivity contribution in [2.75, 3.05) is 26.4 Å². The molecule has 2 rings (SSSR count). The van der Waals surface area contributed by atoms with Crippen LogP contribution in [0, 0.1) is 13.8 Å². The Morgan fingerprint density at radius 1 is 0.515 bits per heavy atom. The van der Waals surface area contributed by atoms with Gasteiger partial charge in [0.05, 0.1) is 0 Å². The standard InChI is InChI=1S/2C7H7.2C6H14NO2.Hf/c2*1-7-5-3-2-4-6-7;2*1-3-5-8-7-9-6-4-2;/h2*2-6H,1H2;2*3-6H2,1-2H3;/q4*-1;+4. The third-order valence-corrected chi connectivity index (χ3v) is 3.08. The largest absolute Gasteiger partial charge is 4.00 e. The molecular formula is C26H42HfN2O4. The average Bonchev–Trinajstić information content (AvgIpc) is 2.81. The quantitative estimate of drug-likeness (QED) is 0.105. The van der Waals surface area contributed by atoms with Gasteiger partial charge >= 0.3 is 25.8 Å². The molecule has 0 aliphatic carbocycles. The molecule has 0 N–H and O–H groups in total. The summed E-state index contributed by atoms with van der Waals surface area (Å²) >= 11 is 0. The molecular weight excluding hydrogens is 583 g/mol. The first-order valence-corrected chi connectivity index (χ1v) is 11.2. The minimum Gasteiger partial charge on any atom is -0.462 e. The van der Waals surface area contributed by atoms with Crippen molar-refractivity contribution in [3.63, 3.8) is 0 Å². The first-order valence-electron chi connectivity index (χ1n) is 11.2. The smallest absolute Gasteiger partial charge is 0.462 e. The summed E-state index contributed by atoms with van der Waals surface area (Å²) in [4.78, 5) is 18.8. The van der Waals surface area contributed by atoms with Crippen molar-refractivity contribution in [3.05, 3.63) is 96.9 Å². The van der Waals surface area contributed by atoms with Crippen LogP contribution >= 0.6 is 0 Å². The summed E-state index contributed by atoms with van der Waals surface area (Å²) in [5.74, 6) is 0. The molecule has 0 heterocycles. The van der Waals surface area contributed by atoms with Crippen molar-refractivity contribution in [3.8, 4) is 0 Å². The first-order chi connectivity index (χ1) is 15.6. The van der Waals surface area contributed by atoms with Crippen LogP contribution in [0.5, 0.6) is 0 Å². The Hall–Kier alpha value is -1.19. The molecule has 2 aromatic rings. The van der Waals surface area contributed by atoms with Gasteiger partial charge in [0.25, 0.3) is 0 Å². The van der Waals surface area contributed by atoms with Gasteiger partial charge in [-0.25, -0.2) is 0 Å². The van der Waals surface area contributed by atoms with Gasteiger partial charge in [0.15, 0.2) is 0 Å². The molecule has 0 saturated heterocycles. The van der Waals surface area contributed by atoms with Crippen LogP contribution in [-0.2, 0) is 45.2 Å². The van der Waals surface area contributed by atoms with Crippen molar-refractivity contribution in [1.82, 2.24) is 0 Å². The van der Waals surface area contributed by atoms with E-state index in [9.17, 15) is 0 Å². The molecule has 0 saturated carbocycles. The second-order valence-corrected chi connectivity index (χ2v) is 6.45. The van der Waals surface area contributed by atoms with E-state index in [2.05, 4.69) is 44.5 Å². The van der Waals surface area contributed by atoms with Crippen LogP contribution in [0.2, 0.25) is 0 Å². The van der Waals surface area contributed by atoms with Gasteiger partial charge in [0, 0.05) is 26.4 Å². The third kappa shape index (κ3) is 35.6. The zero-order valence-electron chi connectivity index (χ0n) is 20.9. The van der Waals surface area contributed by atoms with E-state index >= 15 is 0 Å². The van der Waals surface area contributed by atoms with Crippen molar-refractivity contribution in [2.45, 2.75) is 53.4 Å². The molecule has 184 valence electrons. The summed E-state index contributed by atoms with van der Waals surface area (Å²) in [6.07, 6.45) is 3.88. The molecule has 0 fully saturated rings. The molecule has 0 atom stereocenters. The Bertz CT molecular complexity index is 499. The second kappa shape index (κ2) is 33.0. The Kier molecular flexibility index (Phi) is 36.4. The molecule has 6 nitrogen and oxygen atoms in total. The number of benzene rings is 2. The van der Waals surface area contributed by atoms with Crippen LogP contribution in [0.1, 0.15) is 64.5 Å². The van der Waals surface area contributed by atoms with Crippen molar-refractivity contribution in [1.29, 1.82) is 0 Å². The van der Waals surface area contributed by atoms with Gasteiger partial charge in [0.1, 0.15) is 0 Å². The molecule has 0 aliphatic rings. The minimum atomic E-state index is 0. The molecule has 0 spiro atoms. The predicted molar refractivity (Wildman–Crippen MR) is 133 cm³/mol. The third-order valence-electron chi connectivity index (χ3n) is 3.08. The van der Waals surface area contributed by atoms with Crippen LogP contribution in [0.15, 0.2) is 60.7 Å². The monoisotopic (exact) mass is 626 g/mol. The average molecular weight is 625 g/mol. The fraction of sp³-hybridized carbons (Fsp3) is 0.462. The molecule has 2 aromatic carbocycles. The summed E-state index contributed by atoms with van der Waals surface area (Å²) in [7, 11) is 0. The normalized spacial score (nSPS) is 9.09. The number of rotatable bonds is 12. The van der Waals surface area contributed by atoms with Crippen molar-refractivity contribution in [2.24, 2.45) is 0 Å². The Balaban J connectivity index is -0.000000362. The van der Waals surface area contributed by atoms with Gasteiger partial charge in [-0.2, -0.15) is 49.2 Å². The summed E-state index contributed by atoms with van der Waals surface area (Å²) in [6, 6.07) is 19.7. The van der Waals surface area contributed by atoms with E-state index in [4.69, 9.17) is 0 Å². The van der Waals surface area contributed by atoms with Crippen LogP contribution in [0.4, 0.5) is 0 Å². The van der Waals surface area contributed by atoms with Gasteiger partial charge in [-0.3, -0.25) is 0 Å². The topological polar surface area (TPSA) is 65.1 Å². The number of hydrogen-bond acceptors (Lipinski definition) is 4. The SMILES string of the molecule is CCCO[N-]OCCC.CCCO[N-]OCCC.[CH2-]c1ccccc1.[CH2-]c1ccccc1.[Hf+4]. The van der Waals surface area contributed by atoms with Crippen molar-refractivity contribution >= 4 is 0 Å². The van der Waals surface area contributed by atoms with Crippen LogP contribution in [-0.4, -0.2) is 26.4 Å². The summed E-state index contributed by atoms with van der Waals surface area (Å²) in [6.45, 7) is 18.1. The van der Waals surface area contributed by atoms with Gasteiger partial charge in [-0.05, 0) is 25.7 Å². The molecule has 0 radical (unpaired) electrons. The van der Waals surface area contributed by atoms with Gasteiger partial charge in [0.2, 0.25) is 0 Å². The molecule has 0 bridgehead atoms. The molecule has 0 aromatic heterocycles. The van der Waals surface area contributed by atoms with Crippen LogP contribution < -0.4 is 0 Å². The van der Waals surface area contributed by atoms with E-state index in [1.807, 2.05) is 88.4 Å². The minimum absolute atomic E-state index is 0. The van der Waals surface area contributed by atoms with Gasteiger partial charge in [-0.15, -0.1) is 24.3 Å². The number of nitrogens with zero attached hydrogens (tertiary/aromatic N) is 2. The summed E-state index contributed by atoms with van der Waals surface area (Å²) in [5, 5.41) is 0. The predicted octanol–water partition coefficient (Wildman–Crippen LogP) is 7.82. The van der Waals surface area contributed by atoms with E-state index in [1.54, 1.807) is 0 Å². The van der Waals surface area contributed by atoms with E-state index in [0.717, 1.165) is 36.8 Å². The Morgan fingerprint density at radius 2 is 0.758 bits per heavy atom. The Labute approximate surface area is 221 Å². The maximum atomic E-state index is 4.69. The fourth-order valence-electron chi connectivity index (χ4n) is 1.54. The molecule has 0 amide bonds. The van der Waals surface area contributed by atoms with E-state index in [0.29, 0.717) is 26.4 Å². The number of hydrogen-bond donors (Lipinski definition) is 0. The zero-order valence-corrected chi connectivity index (χ0v) is 24.5. The maximum Gasteiger partial charge on any atom is 4.00 e. The van der Waals surface area contributed by atoms with Gasteiger partial charge < -0.3 is 30.6 Å². The summed E-state index contributed by atoms with van der Waals surface area (Å²) < 4.78 is 0. The zero-order chi connectivity index (χ0) is 24.1. The van der Waals surface area contributed by atoms with Crippen LogP contribution in [0.3, 0.4) is 0 Å². The first kappa shape index (κ1) is 36.4. The van der Waals surface area contributed by atoms with Crippen LogP contribution in [0.25, 0.3) is 11.3 Å². The maximum absolute atomic E-state index is 4.69. The fourth-order valence-corrected chi connectivity index (χ4v) is 1.54. The van der Waals surface area contributed by atoms with E-state index < -0.39 is 0 Å². The Morgan fingerprint density at radius 3 is 0.909 bits per heavy atom. The van der Waals surface area contributed by atoms with E-state index in [-0.39, 0.29) is 25.8 Å². The summed E-state index contributed by atoms with van der Waals surface area (Å²) in [5.41, 5.74) is 8.85. The van der Waals surface area contributed by atoms with E-state index in [1.165, 1.54) is 0 Å². The molecule has 33 heavy (non-hydrogen) atoms. The van der Waals surface area contributed by atoms with Gasteiger partial charge in [-0.1, -0.05) is 39.8 Å².